The Bertz CT molecular complexity index is 491. The molecular weight excluding hydrogens is 242 g/mol. The Hall–Kier alpha value is -1.29. The largest absolute Gasteiger partial charge is 0.306 e. The number of benzene rings is 1. The standard InChI is InChI=1S/C14H17N3S/c1-2-5-12(6-3-1)7-4-10-18-14-16-15-11-17(14)13-8-9-13/h1-3,5-6,11,13H,4,7-10H2. The SMILES string of the molecule is c1ccc(CCCSc2nncn2C2CC2)cc1. The predicted octanol–water partition coefficient (Wildman–Crippen LogP) is 3.34. The van der Waals surface area contributed by atoms with E-state index in [1.54, 1.807) is 0 Å². The van der Waals surface area contributed by atoms with Crippen LogP contribution in [0.1, 0.15) is 30.9 Å². The summed E-state index contributed by atoms with van der Waals surface area (Å²) in [6.07, 6.45) is 6.78. The van der Waals surface area contributed by atoms with Gasteiger partial charge in [0.05, 0.1) is 0 Å². The topological polar surface area (TPSA) is 30.7 Å². The normalized spacial score (nSPS) is 14.9. The molecule has 3 nitrogen and oxygen atoms in total. The van der Waals surface area contributed by atoms with E-state index < -0.39 is 0 Å². The van der Waals surface area contributed by atoms with Crippen LogP contribution in [0.3, 0.4) is 0 Å². The van der Waals surface area contributed by atoms with Gasteiger partial charge in [-0.05, 0) is 31.2 Å². The Morgan fingerprint density at radius 3 is 2.83 bits per heavy atom. The van der Waals surface area contributed by atoms with Crippen LogP contribution < -0.4 is 0 Å². The molecule has 2 aromatic rings. The van der Waals surface area contributed by atoms with Gasteiger partial charge in [0.2, 0.25) is 0 Å². The van der Waals surface area contributed by atoms with Crippen LogP contribution in [0, 0.1) is 0 Å². The molecule has 3 rings (SSSR count). The molecule has 0 aliphatic heterocycles. The fourth-order valence-corrected chi connectivity index (χ4v) is 2.94. The molecule has 18 heavy (non-hydrogen) atoms. The molecule has 0 N–H and O–H groups in total. The summed E-state index contributed by atoms with van der Waals surface area (Å²) >= 11 is 1.83. The molecule has 1 aliphatic carbocycles. The van der Waals surface area contributed by atoms with E-state index in [-0.39, 0.29) is 0 Å². The van der Waals surface area contributed by atoms with Crippen molar-refractivity contribution in [3.8, 4) is 0 Å². The maximum atomic E-state index is 4.20. The minimum absolute atomic E-state index is 0.677. The first-order valence-corrected chi connectivity index (χ1v) is 7.48. The van der Waals surface area contributed by atoms with Crippen LogP contribution >= 0.6 is 11.8 Å². The second-order valence-corrected chi connectivity index (χ2v) is 5.75. The molecular formula is C14H17N3S. The number of thioether (sulfide) groups is 1. The number of aromatic nitrogens is 3. The molecule has 0 unspecified atom stereocenters. The van der Waals surface area contributed by atoms with Crippen LogP contribution in [-0.2, 0) is 6.42 Å². The predicted molar refractivity (Wildman–Crippen MR) is 73.8 cm³/mol. The van der Waals surface area contributed by atoms with E-state index in [4.69, 9.17) is 0 Å². The monoisotopic (exact) mass is 259 g/mol. The van der Waals surface area contributed by atoms with Crippen LogP contribution in [-0.4, -0.2) is 20.5 Å². The van der Waals surface area contributed by atoms with Crippen molar-refractivity contribution in [1.29, 1.82) is 0 Å². The van der Waals surface area contributed by atoms with E-state index in [0.29, 0.717) is 6.04 Å². The molecule has 0 saturated heterocycles. The zero-order chi connectivity index (χ0) is 12.2. The van der Waals surface area contributed by atoms with Crippen molar-refractivity contribution in [2.45, 2.75) is 36.9 Å². The van der Waals surface area contributed by atoms with Crippen molar-refractivity contribution in [2.24, 2.45) is 0 Å². The minimum atomic E-state index is 0.677. The van der Waals surface area contributed by atoms with E-state index in [9.17, 15) is 0 Å². The third-order valence-corrected chi connectivity index (χ3v) is 4.21. The fourth-order valence-electron chi connectivity index (χ4n) is 2.02. The van der Waals surface area contributed by atoms with Gasteiger partial charge in [-0.1, -0.05) is 42.1 Å². The summed E-state index contributed by atoms with van der Waals surface area (Å²) in [4.78, 5) is 0. The molecule has 1 aromatic heterocycles. The Labute approximate surface area is 112 Å². The van der Waals surface area contributed by atoms with Crippen LogP contribution in [0.4, 0.5) is 0 Å². The van der Waals surface area contributed by atoms with E-state index >= 15 is 0 Å². The van der Waals surface area contributed by atoms with Crippen molar-refractivity contribution >= 4 is 11.8 Å². The van der Waals surface area contributed by atoms with Gasteiger partial charge in [0.1, 0.15) is 6.33 Å². The molecule has 1 fully saturated rings. The highest BCUT2D eigenvalue weighted by atomic mass is 32.2. The van der Waals surface area contributed by atoms with Gasteiger partial charge in [0, 0.05) is 11.8 Å². The van der Waals surface area contributed by atoms with Crippen molar-refractivity contribution < 1.29 is 0 Å². The van der Waals surface area contributed by atoms with E-state index in [1.807, 2.05) is 18.1 Å². The maximum absolute atomic E-state index is 4.20. The Balaban J connectivity index is 1.45. The van der Waals surface area contributed by atoms with Gasteiger partial charge in [-0.15, -0.1) is 10.2 Å². The lowest BCUT2D eigenvalue weighted by Crippen LogP contribution is -1.95. The minimum Gasteiger partial charge on any atom is -0.306 e. The zero-order valence-electron chi connectivity index (χ0n) is 10.3. The van der Waals surface area contributed by atoms with Crippen LogP contribution in [0.2, 0.25) is 0 Å². The summed E-state index contributed by atoms with van der Waals surface area (Å²) in [5, 5.41) is 9.30. The fraction of sp³-hybridized carbons (Fsp3) is 0.429. The van der Waals surface area contributed by atoms with Crippen molar-refractivity contribution in [3.05, 3.63) is 42.2 Å². The third kappa shape index (κ3) is 2.93. The average Bonchev–Trinajstić information content (AvgIpc) is 3.16. The van der Waals surface area contributed by atoms with Crippen LogP contribution in [0.25, 0.3) is 0 Å². The van der Waals surface area contributed by atoms with Gasteiger partial charge in [-0.3, -0.25) is 0 Å². The maximum Gasteiger partial charge on any atom is 0.191 e. The van der Waals surface area contributed by atoms with Gasteiger partial charge in [-0.2, -0.15) is 0 Å². The summed E-state index contributed by atoms with van der Waals surface area (Å²) in [5.41, 5.74) is 1.42. The summed E-state index contributed by atoms with van der Waals surface area (Å²) in [6, 6.07) is 11.3. The molecule has 0 spiro atoms. The van der Waals surface area contributed by atoms with Crippen LogP contribution in [0.15, 0.2) is 41.8 Å². The summed E-state index contributed by atoms with van der Waals surface area (Å²) in [5.74, 6) is 1.11. The first kappa shape index (κ1) is 11.8. The summed E-state index contributed by atoms with van der Waals surface area (Å²) < 4.78 is 2.23. The number of rotatable bonds is 6. The molecule has 1 saturated carbocycles. The lowest BCUT2D eigenvalue weighted by molar-refractivity contribution is 0.662. The van der Waals surface area contributed by atoms with E-state index in [0.717, 1.165) is 17.3 Å². The van der Waals surface area contributed by atoms with Crippen LogP contribution in [0.5, 0.6) is 0 Å². The first-order chi connectivity index (χ1) is 8.93. The number of hydrogen-bond acceptors (Lipinski definition) is 3. The molecule has 1 heterocycles. The van der Waals surface area contributed by atoms with Crippen molar-refractivity contribution in [2.75, 3.05) is 5.75 Å². The summed E-state index contributed by atoms with van der Waals surface area (Å²) in [6.45, 7) is 0. The number of hydrogen-bond donors (Lipinski definition) is 0. The molecule has 1 aliphatic rings. The number of aryl methyl sites for hydroxylation is 1. The van der Waals surface area contributed by atoms with Gasteiger partial charge < -0.3 is 4.57 Å². The molecule has 4 heteroatoms. The molecule has 0 atom stereocenters. The van der Waals surface area contributed by atoms with E-state index in [2.05, 4.69) is 45.1 Å². The highest BCUT2D eigenvalue weighted by Crippen LogP contribution is 2.37. The third-order valence-electron chi connectivity index (χ3n) is 3.16. The van der Waals surface area contributed by atoms with Crippen molar-refractivity contribution in [1.82, 2.24) is 14.8 Å². The Morgan fingerprint density at radius 1 is 1.22 bits per heavy atom. The first-order valence-electron chi connectivity index (χ1n) is 6.50. The highest BCUT2D eigenvalue weighted by Gasteiger charge is 2.25. The lowest BCUT2D eigenvalue weighted by atomic mass is 10.1. The van der Waals surface area contributed by atoms with Gasteiger partial charge in [0.15, 0.2) is 5.16 Å². The Kier molecular flexibility index (Phi) is 3.64. The molecule has 0 amide bonds. The smallest absolute Gasteiger partial charge is 0.191 e. The number of nitrogens with zero attached hydrogens (tertiary/aromatic N) is 3. The second-order valence-electron chi connectivity index (χ2n) is 4.69. The molecule has 0 bridgehead atoms. The van der Waals surface area contributed by atoms with Gasteiger partial charge in [-0.25, -0.2) is 0 Å². The zero-order valence-corrected chi connectivity index (χ0v) is 11.1. The highest BCUT2D eigenvalue weighted by molar-refractivity contribution is 7.99. The van der Waals surface area contributed by atoms with E-state index in [1.165, 1.54) is 24.8 Å². The van der Waals surface area contributed by atoms with Gasteiger partial charge >= 0.3 is 0 Å². The molecule has 94 valence electrons. The molecule has 1 aromatic carbocycles. The Morgan fingerprint density at radius 2 is 2.06 bits per heavy atom. The molecule has 0 radical (unpaired) electrons. The lowest BCUT2D eigenvalue weighted by Gasteiger charge is -2.04. The van der Waals surface area contributed by atoms with Gasteiger partial charge in [0.25, 0.3) is 0 Å². The quantitative estimate of drug-likeness (QED) is 0.589. The summed E-state index contributed by atoms with van der Waals surface area (Å²) in [7, 11) is 0. The second kappa shape index (κ2) is 5.57. The average molecular weight is 259 g/mol. The van der Waals surface area contributed by atoms with Crippen molar-refractivity contribution in [3.63, 3.8) is 0 Å².